The Morgan fingerprint density at radius 2 is 1.94 bits per heavy atom. The molecule has 0 fully saturated rings. The molecule has 0 aliphatic heterocycles. The molecule has 1 aromatic rings. The maximum atomic E-state index is 9.99. The molecule has 4 heteroatoms. The van der Waals surface area contributed by atoms with E-state index in [0.29, 0.717) is 23.4 Å². The van der Waals surface area contributed by atoms with Gasteiger partial charge in [-0.05, 0) is 31.6 Å². The third-order valence-corrected chi connectivity index (χ3v) is 2.93. The molecule has 0 radical (unpaired) electrons. The van der Waals surface area contributed by atoms with E-state index in [9.17, 15) is 10.2 Å². The predicted octanol–water partition coefficient (Wildman–Crippen LogP) is 1.60. The highest BCUT2D eigenvalue weighted by molar-refractivity contribution is 7.80. The highest BCUT2D eigenvalue weighted by Gasteiger charge is 2.20. The number of aliphatic hydroxyl groups excluding tert-OH is 2. The van der Waals surface area contributed by atoms with Crippen molar-refractivity contribution in [2.24, 2.45) is 0 Å². The molecule has 0 amide bonds. The van der Waals surface area contributed by atoms with Crippen LogP contribution in [-0.2, 0) is 0 Å². The van der Waals surface area contributed by atoms with Crippen molar-refractivity contribution in [3.05, 3.63) is 28.8 Å². The Morgan fingerprint density at radius 3 is 2.50 bits per heavy atom. The maximum Gasteiger partial charge on any atom is 0.107 e. The summed E-state index contributed by atoms with van der Waals surface area (Å²) >= 11 is 4.03. The number of aliphatic hydroxyl groups is 2. The number of anilines is 1. The number of rotatable bonds is 4. The molecule has 1 rings (SSSR count). The minimum Gasteiger partial charge on any atom is -0.398 e. The van der Waals surface area contributed by atoms with E-state index in [-0.39, 0.29) is 0 Å². The number of hydrogen-bond donors (Lipinski definition) is 4. The third-order valence-electron chi connectivity index (χ3n) is 2.67. The van der Waals surface area contributed by atoms with Gasteiger partial charge in [0.25, 0.3) is 0 Å². The number of nitrogens with two attached hydrogens (primary N) is 1. The Kier molecular flexibility index (Phi) is 4.65. The lowest BCUT2D eigenvalue weighted by Crippen LogP contribution is -2.20. The summed E-state index contributed by atoms with van der Waals surface area (Å²) in [7, 11) is 0. The molecule has 0 saturated carbocycles. The molecule has 0 heterocycles. The van der Waals surface area contributed by atoms with Crippen LogP contribution in [0, 0.1) is 13.8 Å². The van der Waals surface area contributed by atoms with Crippen LogP contribution in [0.1, 0.15) is 29.2 Å². The summed E-state index contributed by atoms with van der Waals surface area (Å²) in [5.41, 5.74) is 9.00. The van der Waals surface area contributed by atoms with E-state index in [1.807, 2.05) is 26.0 Å². The van der Waals surface area contributed by atoms with Crippen LogP contribution < -0.4 is 5.73 Å². The summed E-state index contributed by atoms with van der Waals surface area (Å²) in [6.45, 7) is 3.83. The van der Waals surface area contributed by atoms with Crippen LogP contribution in [0.5, 0.6) is 0 Å². The van der Waals surface area contributed by atoms with Gasteiger partial charge >= 0.3 is 0 Å². The van der Waals surface area contributed by atoms with Crippen molar-refractivity contribution < 1.29 is 10.2 Å². The first-order chi connectivity index (χ1) is 7.47. The van der Waals surface area contributed by atoms with Crippen LogP contribution in [-0.4, -0.2) is 22.1 Å². The topological polar surface area (TPSA) is 66.5 Å². The van der Waals surface area contributed by atoms with Crippen LogP contribution in [0.2, 0.25) is 0 Å². The van der Waals surface area contributed by atoms with E-state index in [1.165, 1.54) is 0 Å². The second-order valence-electron chi connectivity index (χ2n) is 4.11. The van der Waals surface area contributed by atoms with Gasteiger partial charge in [0.15, 0.2) is 0 Å². The van der Waals surface area contributed by atoms with Crippen LogP contribution in [0.4, 0.5) is 5.69 Å². The Labute approximate surface area is 102 Å². The summed E-state index contributed by atoms with van der Waals surface area (Å²) < 4.78 is 0. The average Bonchev–Trinajstić information content (AvgIpc) is 2.22. The summed E-state index contributed by atoms with van der Waals surface area (Å²) in [6.07, 6.45) is -1.32. The van der Waals surface area contributed by atoms with Gasteiger partial charge in [-0.25, -0.2) is 0 Å². The minimum atomic E-state index is -0.939. The second-order valence-corrected chi connectivity index (χ2v) is 4.56. The molecule has 0 saturated heterocycles. The lowest BCUT2D eigenvalue weighted by atomic mass is 9.96. The highest BCUT2D eigenvalue weighted by atomic mass is 32.1. The van der Waals surface area contributed by atoms with Gasteiger partial charge in [0, 0.05) is 11.3 Å². The first-order valence-electron chi connectivity index (χ1n) is 5.31. The van der Waals surface area contributed by atoms with Gasteiger partial charge in [0.2, 0.25) is 0 Å². The van der Waals surface area contributed by atoms with Crippen LogP contribution >= 0.6 is 12.6 Å². The maximum absolute atomic E-state index is 9.99. The third kappa shape index (κ3) is 2.90. The quantitative estimate of drug-likeness (QED) is 0.478. The predicted molar refractivity (Wildman–Crippen MR) is 69.8 cm³/mol. The molecule has 2 atom stereocenters. The van der Waals surface area contributed by atoms with Crippen molar-refractivity contribution in [1.82, 2.24) is 0 Å². The fourth-order valence-corrected chi connectivity index (χ4v) is 2.02. The van der Waals surface area contributed by atoms with Gasteiger partial charge in [-0.1, -0.05) is 17.7 Å². The van der Waals surface area contributed by atoms with E-state index < -0.39 is 12.2 Å². The Balaban J connectivity index is 3.03. The second kappa shape index (κ2) is 5.57. The molecule has 90 valence electrons. The van der Waals surface area contributed by atoms with E-state index >= 15 is 0 Å². The number of hydrogen-bond acceptors (Lipinski definition) is 4. The normalized spacial score (nSPS) is 14.8. The average molecular weight is 241 g/mol. The number of aryl methyl sites for hydroxylation is 2. The molecule has 0 aliphatic carbocycles. The van der Waals surface area contributed by atoms with Crippen molar-refractivity contribution in [2.45, 2.75) is 32.5 Å². The highest BCUT2D eigenvalue weighted by Crippen LogP contribution is 2.28. The van der Waals surface area contributed by atoms with Gasteiger partial charge in [-0.2, -0.15) is 12.6 Å². The Bertz CT molecular complexity index is 368. The van der Waals surface area contributed by atoms with Gasteiger partial charge in [-0.15, -0.1) is 0 Å². The lowest BCUT2D eigenvalue weighted by molar-refractivity contribution is 0.0176. The van der Waals surface area contributed by atoms with Crippen molar-refractivity contribution in [1.29, 1.82) is 0 Å². The standard InChI is InChI=1S/C12H19NO2S/c1-7-5-8(2)11(13)9(6-7)12(15)10(14)3-4-16/h5-6,10,12,14-16H,3-4,13H2,1-2H3. The molecule has 16 heavy (non-hydrogen) atoms. The summed E-state index contributed by atoms with van der Waals surface area (Å²) in [6, 6.07) is 3.77. The van der Waals surface area contributed by atoms with Gasteiger partial charge in [0.05, 0.1) is 6.10 Å². The summed E-state index contributed by atoms with van der Waals surface area (Å²) in [5, 5.41) is 19.7. The number of nitrogen functional groups attached to an aromatic ring is 1. The SMILES string of the molecule is Cc1cc(C)c(N)c(C(O)C(O)CCS)c1. The van der Waals surface area contributed by atoms with E-state index in [4.69, 9.17) is 5.73 Å². The van der Waals surface area contributed by atoms with Crippen LogP contribution in [0.25, 0.3) is 0 Å². The molecule has 0 bridgehead atoms. The molecule has 2 unspecified atom stereocenters. The van der Waals surface area contributed by atoms with Gasteiger partial charge < -0.3 is 15.9 Å². The molecule has 0 aromatic heterocycles. The zero-order valence-electron chi connectivity index (χ0n) is 9.64. The van der Waals surface area contributed by atoms with Crippen LogP contribution in [0.15, 0.2) is 12.1 Å². The first kappa shape index (κ1) is 13.4. The molecular formula is C12H19NO2S. The molecular weight excluding hydrogens is 222 g/mol. The molecule has 4 N–H and O–H groups in total. The van der Waals surface area contributed by atoms with Crippen molar-refractivity contribution in [3.8, 4) is 0 Å². The van der Waals surface area contributed by atoms with Gasteiger partial charge in [-0.3, -0.25) is 0 Å². The fourth-order valence-electron chi connectivity index (χ4n) is 1.75. The lowest BCUT2D eigenvalue weighted by Gasteiger charge is -2.20. The summed E-state index contributed by atoms with van der Waals surface area (Å²) in [4.78, 5) is 0. The smallest absolute Gasteiger partial charge is 0.107 e. The molecule has 0 spiro atoms. The van der Waals surface area contributed by atoms with E-state index in [1.54, 1.807) is 0 Å². The first-order valence-corrected chi connectivity index (χ1v) is 5.94. The van der Waals surface area contributed by atoms with E-state index in [0.717, 1.165) is 11.1 Å². The Morgan fingerprint density at radius 1 is 1.31 bits per heavy atom. The molecule has 0 aliphatic rings. The van der Waals surface area contributed by atoms with Crippen molar-refractivity contribution >= 4 is 18.3 Å². The molecule has 3 nitrogen and oxygen atoms in total. The van der Waals surface area contributed by atoms with E-state index in [2.05, 4.69) is 12.6 Å². The number of benzene rings is 1. The molecule has 1 aromatic carbocycles. The monoisotopic (exact) mass is 241 g/mol. The Hall–Kier alpha value is -0.710. The van der Waals surface area contributed by atoms with Crippen molar-refractivity contribution in [2.75, 3.05) is 11.5 Å². The largest absolute Gasteiger partial charge is 0.398 e. The zero-order valence-corrected chi connectivity index (χ0v) is 10.5. The summed E-state index contributed by atoms with van der Waals surface area (Å²) in [5.74, 6) is 0.531. The zero-order chi connectivity index (χ0) is 12.3. The van der Waals surface area contributed by atoms with Crippen LogP contribution in [0.3, 0.4) is 0 Å². The number of thiol groups is 1. The van der Waals surface area contributed by atoms with Gasteiger partial charge in [0.1, 0.15) is 6.10 Å². The minimum absolute atomic E-state index is 0.441. The fraction of sp³-hybridized carbons (Fsp3) is 0.500. The van der Waals surface area contributed by atoms with Crippen molar-refractivity contribution in [3.63, 3.8) is 0 Å².